The lowest BCUT2D eigenvalue weighted by molar-refractivity contribution is -0.138. The van der Waals surface area contributed by atoms with E-state index < -0.39 is 11.7 Å². The van der Waals surface area contributed by atoms with Crippen LogP contribution in [0.3, 0.4) is 0 Å². The minimum atomic E-state index is -4.33. The van der Waals surface area contributed by atoms with Gasteiger partial charge in [-0.2, -0.15) is 13.2 Å². The summed E-state index contributed by atoms with van der Waals surface area (Å²) in [5, 5.41) is 0. The molecular weight excluding hydrogens is 219 g/mol. The van der Waals surface area contributed by atoms with Gasteiger partial charge >= 0.3 is 6.18 Å². The van der Waals surface area contributed by atoms with Crippen LogP contribution in [-0.4, -0.2) is 24.1 Å². The molecule has 0 saturated carbocycles. The van der Waals surface area contributed by atoms with Gasteiger partial charge in [0.1, 0.15) is 5.82 Å². The smallest absolute Gasteiger partial charge is 0.353 e. The van der Waals surface area contributed by atoms with E-state index in [9.17, 15) is 13.2 Å². The molecule has 0 aromatic carbocycles. The number of pyridine rings is 1. The van der Waals surface area contributed by atoms with Crippen LogP contribution in [0.1, 0.15) is 11.3 Å². The molecule has 0 aliphatic carbocycles. The van der Waals surface area contributed by atoms with Crippen LogP contribution >= 0.6 is 0 Å². The van der Waals surface area contributed by atoms with Gasteiger partial charge in [0.2, 0.25) is 0 Å². The highest BCUT2D eigenvalue weighted by molar-refractivity contribution is 5.45. The summed E-state index contributed by atoms with van der Waals surface area (Å²) in [7, 11) is 0. The molecule has 1 aromatic heterocycles. The molecule has 1 aliphatic rings. The average Bonchev–Trinajstić information content (AvgIpc) is 2.10. The van der Waals surface area contributed by atoms with Crippen LogP contribution < -0.4 is 10.6 Å². The standard InChI is InChI=1S/C10H12F3N3/c1-6-8(10(11,12)13)2-3-9(15-6)16-4-7(14)5-16/h2-3,7H,4-5,14H2,1H3. The second-order valence-electron chi connectivity index (χ2n) is 3.97. The molecule has 0 radical (unpaired) electrons. The molecule has 0 unspecified atom stereocenters. The molecule has 2 rings (SSSR count). The number of aromatic nitrogens is 1. The van der Waals surface area contributed by atoms with Crippen molar-refractivity contribution in [1.82, 2.24) is 4.98 Å². The molecule has 6 heteroatoms. The van der Waals surface area contributed by atoms with Crippen LogP contribution in [0.2, 0.25) is 0 Å². The fourth-order valence-electron chi connectivity index (χ4n) is 1.72. The third-order valence-corrected chi connectivity index (χ3v) is 2.61. The van der Waals surface area contributed by atoms with E-state index in [-0.39, 0.29) is 11.7 Å². The summed E-state index contributed by atoms with van der Waals surface area (Å²) in [5.41, 5.74) is 4.92. The molecule has 0 bridgehead atoms. The lowest BCUT2D eigenvalue weighted by Gasteiger charge is -2.38. The Morgan fingerprint density at radius 2 is 2.00 bits per heavy atom. The van der Waals surface area contributed by atoms with E-state index in [0.29, 0.717) is 18.9 Å². The number of alkyl halides is 3. The van der Waals surface area contributed by atoms with Gasteiger partial charge in [0.25, 0.3) is 0 Å². The average molecular weight is 231 g/mol. The predicted octanol–water partition coefficient (Wildman–Crippen LogP) is 1.56. The van der Waals surface area contributed by atoms with Crippen LogP contribution in [0.5, 0.6) is 0 Å². The van der Waals surface area contributed by atoms with Crippen LogP contribution in [0, 0.1) is 6.92 Å². The first kappa shape index (κ1) is 11.2. The Morgan fingerprint density at radius 3 is 2.44 bits per heavy atom. The number of hydrogen-bond acceptors (Lipinski definition) is 3. The quantitative estimate of drug-likeness (QED) is 0.797. The maximum Gasteiger partial charge on any atom is 0.418 e. The molecule has 16 heavy (non-hydrogen) atoms. The Hall–Kier alpha value is -1.30. The second kappa shape index (κ2) is 3.62. The Bertz CT molecular complexity index is 397. The first-order valence-electron chi connectivity index (χ1n) is 4.93. The van der Waals surface area contributed by atoms with Crippen molar-refractivity contribution in [1.29, 1.82) is 0 Å². The van der Waals surface area contributed by atoms with E-state index in [0.717, 1.165) is 6.07 Å². The van der Waals surface area contributed by atoms with Gasteiger partial charge in [0.05, 0.1) is 11.3 Å². The summed E-state index contributed by atoms with van der Waals surface area (Å²) in [5.74, 6) is 0.562. The Labute approximate surface area is 91.1 Å². The number of anilines is 1. The van der Waals surface area contributed by atoms with Gasteiger partial charge in [-0.25, -0.2) is 4.98 Å². The molecule has 2 heterocycles. The van der Waals surface area contributed by atoms with E-state index in [1.54, 1.807) is 0 Å². The van der Waals surface area contributed by atoms with Crippen LogP contribution in [0.15, 0.2) is 12.1 Å². The van der Waals surface area contributed by atoms with Gasteiger partial charge in [-0.15, -0.1) is 0 Å². The second-order valence-corrected chi connectivity index (χ2v) is 3.97. The molecule has 0 amide bonds. The summed E-state index contributed by atoms with van der Waals surface area (Å²) in [4.78, 5) is 5.81. The molecule has 0 atom stereocenters. The van der Waals surface area contributed by atoms with Gasteiger partial charge in [-0.05, 0) is 19.1 Å². The predicted molar refractivity (Wildman–Crippen MR) is 54.2 cm³/mol. The highest BCUT2D eigenvalue weighted by Crippen LogP contribution is 2.32. The van der Waals surface area contributed by atoms with Crippen molar-refractivity contribution in [3.63, 3.8) is 0 Å². The lowest BCUT2D eigenvalue weighted by Crippen LogP contribution is -2.56. The first-order valence-corrected chi connectivity index (χ1v) is 4.93. The molecular formula is C10H12F3N3. The van der Waals surface area contributed by atoms with Crippen molar-refractivity contribution in [2.24, 2.45) is 5.73 Å². The van der Waals surface area contributed by atoms with Gasteiger partial charge in [-0.3, -0.25) is 0 Å². The molecule has 1 fully saturated rings. The largest absolute Gasteiger partial charge is 0.418 e. The molecule has 1 saturated heterocycles. The number of rotatable bonds is 1. The lowest BCUT2D eigenvalue weighted by atomic mass is 10.1. The first-order chi connectivity index (χ1) is 7.38. The van der Waals surface area contributed by atoms with Crippen molar-refractivity contribution in [3.8, 4) is 0 Å². The van der Waals surface area contributed by atoms with Crippen molar-refractivity contribution in [2.45, 2.75) is 19.1 Å². The normalized spacial score (nSPS) is 17.4. The zero-order valence-corrected chi connectivity index (χ0v) is 8.75. The summed E-state index contributed by atoms with van der Waals surface area (Å²) >= 11 is 0. The van der Waals surface area contributed by atoms with E-state index in [2.05, 4.69) is 4.98 Å². The zero-order valence-electron chi connectivity index (χ0n) is 8.75. The minimum absolute atomic E-state index is 0.00507. The summed E-state index contributed by atoms with van der Waals surface area (Å²) < 4.78 is 37.4. The molecule has 88 valence electrons. The van der Waals surface area contributed by atoms with Crippen molar-refractivity contribution < 1.29 is 13.2 Å². The Balaban J connectivity index is 2.23. The molecule has 2 N–H and O–H groups in total. The molecule has 3 nitrogen and oxygen atoms in total. The number of halogens is 3. The Morgan fingerprint density at radius 1 is 1.38 bits per heavy atom. The summed E-state index contributed by atoms with van der Waals surface area (Å²) in [6.07, 6.45) is -4.33. The SMILES string of the molecule is Cc1nc(N2CC(N)C2)ccc1C(F)(F)F. The van der Waals surface area contributed by atoms with E-state index >= 15 is 0 Å². The monoisotopic (exact) mass is 231 g/mol. The van der Waals surface area contributed by atoms with Gasteiger partial charge in [0.15, 0.2) is 0 Å². The molecule has 0 spiro atoms. The highest BCUT2D eigenvalue weighted by atomic mass is 19.4. The van der Waals surface area contributed by atoms with Gasteiger partial charge in [0, 0.05) is 19.1 Å². The maximum absolute atomic E-state index is 12.5. The highest BCUT2D eigenvalue weighted by Gasteiger charge is 2.33. The minimum Gasteiger partial charge on any atom is -0.353 e. The van der Waals surface area contributed by atoms with E-state index in [1.807, 2.05) is 4.90 Å². The number of hydrogen-bond donors (Lipinski definition) is 1. The zero-order chi connectivity index (χ0) is 11.9. The molecule has 1 aliphatic heterocycles. The summed E-state index contributed by atoms with van der Waals surface area (Å²) in [6, 6.07) is 2.56. The summed E-state index contributed by atoms with van der Waals surface area (Å²) in [6.45, 7) is 2.67. The fourth-order valence-corrected chi connectivity index (χ4v) is 1.72. The third-order valence-electron chi connectivity index (χ3n) is 2.61. The van der Waals surface area contributed by atoms with E-state index in [1.165, 1.54) is 13.0 Å². The number of nitrogens with zero attached hydrogens (tertiary/aromatic N) is 2. The van der Waals surface area contributed by atoms with Crippen molar-refractivity contribution in [3.05, 3.63) is 23.4 Å². The fraction of sp³-hybridized carbons (Fsp3) is 0.500. The van der Waals surface area contributed by atoms with Crippen LogP contribution in [0.25, 0.3) is 0 Å². The number of aryl methyl sites for hydroxylation is 1. The maximum atomic E-state index is 12.5. The van der Waals surface area contributed by atoms with E-state index in [4.69, 9.17) is 5.73 Å². The van der Waals surface area contributed by atoms with Crippen LogP contribution in [0.4, 0.5) is 19.0 Å². The van der Waals surface area contributed by atoms with Gasteiger partial charge in [-0.1, -0.05) is 0 Å². The topological polar surface area (TPSA) is 42.2 Å². The Kier molecular flexibility index (Phi) is 2.53. The third kappa shape index (κ3) is 1.97. The van der Waals surface area contributed by atoms with Crippen molar-refractivity contribution in [2.75, 3.05) is 18.0 Å². The van der Waals surface area contributed by atoms with Gasteiger partial charge < -0.3 is 10.6 Å². The van der Waals surface area contributed by atoms with Crippen LogP contribution in [-0.2, 0) is 6.18 Å². The number of nitrogens with two attached hydrogens (primary N) is 1. The molecule has 1 aromatic rings. The van der Waals surface area contributed by atoms with Crippen molar-refractivity contribution >= 4 is 5.82 Å².